The van der Waals surface area contributed by atoms with Gasteiger partial charge < -0.3 is 0 Å². The molecule has 0 saturated carbocycles. The van der Waals surface area contributed by atoms with E-state index in [2.05, 4.69) is 20.4 Å². The molecule has 4 rings (SSSR count). The molecular formula is C20H22ClN5O2S. The number of hydrogen-bond acceptors (Lipinski definition) is 6. The predicted molar refractivity (Wildman–Crippen MR) is 110 cm³/mol. The van der Waals surface area contributed by atoms with E-state index in [4.69, 9.17) is 11.6 Å². The predicted octanol–water partition coefficient (Wildman–Crippen LogP) is 3.25. The van der Waals surface area contributed by atoms with Crippen LogP contribution in [0.2, 0.25) is 5.02 Å². The molecule has 1 atom stereocenters. The first-order valence-corrected chi connectivity index (χ1v) is 11.5. The highest BCUT2D eigenvalue weighted by Gasteiger charge is 2.31. The molecule has 1 aliphatic heterocycles. The number of halogens is 1. The fraction of sp³-hybridized carbons (Fsp3) is 0.350. The Labute approximate surface area is 175 Å². The second-order valence-electron chi connectivity index (χ2n) is 7.29. The van der Waals surface area contributed by atoms with Crippen molar-refractivity contribution < 1.29 is 8.42 Å². The number of aryl methyl sites for hydroxylation is 1. The van der Waals surface area contributed by atoms with Gasteiger partial charge in [0.2, 0.25) is 0 Å². The van der Waals surface area contributed by atoms with E-state index in [0.29, 0.717) is 10.8 Å². The monoisotopic (exact) mass is 431 g/mol. The van der Waals surface area contributed by atoms with Gasteiger partial charge in [-0.3, -0.25) is 4.90 Å². The second-order valence-corrected chi connectivity index (χ2v) is 9.69. The number of aromatic nitrogens is 4. The minimum atomic E-state index is -3.59. The Hall–Kier alpha value is -2.29. The van der Waals surface area contributed by atoms with E-state index in [1.54, 1.807) is 24.3 Å². The molecule has 1 fully saturated rings. The Morgan fingerprint density at radius 1 is 1.03 bits per heavy atom. The van der Waals surface area contributed by atoms with Gasteiger partial charge in [0.15, 0.2) is 21.5 Å². The second kappa shape index (κ2) is 8.22. The van der Waals surface area contributed by atoms with Crippen LogP contribution in [-0.4, -0.2) is 46.6 Å². The van der Waals surface area contributed by atoms with E-state index in [1.165, 1.54) is 4.68 Å². The minimum Gasteiger partial charge on any atom is -0.290 e. The van der Waals surface area contributed by atoms with Crippen molar-refractivity contribution in [1.82, 2.24) is 25.1 Å². The summed E-state index contributed by atoms with van der Waals surface area (Å²) in [5.41, 5.74) is 1.99. The van der Waals surface area contributed by atoms with Crippen LogP contribution in [0, 0.1) is 6.92 Å². The molecule has 29 heavy (non-hydrogen) atoms. The smallest absolute Gasteiger partial charge is 0.198 e. The molecule has 2 heterocycles. The number of sulfone groups is 1. The van der Waals surface area contributed by atoms with Crippen LogP contribution in [0.15, 0.2) is 53.4 Å². The van der Waals surface area contributed by atoms with Crippen LogP contribution in [0.4, 0.5) is 0 Å². The third-order valence-electron chi connectivity index (χ3n) is 5.17. The van der Waals surface area contributed by atoms with Crippen LogP contribution in [0.5, 0.6) is 0 Å². The van der Waals surface area contributed by atoms with Gasteiger partial charge in [-0.15, -0.1) is 5.10 Å². The summed E-state index contributed by atoms with van der Waals surface area (Å²) in [5, 5.41) is 12.7. The molecule has 0 N–H and O–H groups in total. The maximum absolute atomic E-state index is 12.9. The Morgan fingerprint density at radius 2 is 1.69 bits per heavy atom. The lowest BCUT2D eigenvalue weighted by Crippen LogP contribution is -2.30. The fourth-order valence-corrected chi connectivity index (χ4v) is 4.98. The van der Waals surface area contributed by atoms with Crippen molar-refractivity contribution in [2.45, 2.75) is 36.6 Å². The molecule has 2 aromatic carbocycles. The molecule has 1 aliphatic rings. The summed E-state index contributed by atoms with van der Waals surface area (Å²) in [4.78, 5) is 2.54. The Kier molecular flexibility index (Phi) is 5.67. The normalized spacial score (nSPS) is 16.2. The lowest BCUT2D eigenvalue weighted by molar-refractivity contribution is 0.265. The highest BCUT2D eigenvalue weighted by Crippen LogP contribution is 2.31. The first-order valence-electron chi connectivity index (χ1n) is 9.49. The van der Waals surface area contributed by atoms with Crippen molar-refractivity contribution in [2.75, 3.05) is 13.1 Å². The van der Waals surface area contributed by atoms with Crippen LogP contribution in [-0.2, 0) is 15.7 Å². The highest BCUT2D eigenvalue weighted by atomic mass is 35.5. The third kappa shape index (κ3) is 4.34. The zero-order valence-electron chi connectivity index (χ0n) is 16.1. The summed E-state index contributed by atoms with van der Waals surface area (Å²) in [6.45, 7) is 3.73. The van der Waals surface area contributed by atoms with E-state index in [9.17, 15) is 8.42 Å². The molecule has 0 aliphatic carbocycles. The van der Waals surface area contributed by atoms with Gasteiger partial charge in [-0.05, 0) is 73.1 Å². The molecule has 0 amide bonds. The van der Waals surface area contributed by atoms with Gasteiger partial charge in [0, 0.05) is 5.02 Å². The molecule has 1 saturated heterocycles. The quantitative estimate of drug-likeness (QED) is 0.596. The summed E-state index contributed by atoms with van der Waals surface area (Å²) in [6, 6.07) is 14.1. The number of hydrogen-bond donors (Lipinski definition) is 0. The molecule has 3 aromatic rings. The molecule has 7 nitrogen and oxygen atoms in total. The van der Waals surface area contributed by atoms with E-state index >= 15 is 0 Å². The Bertz CT molecular complexity index is 1070. The van der Waals surface area contributed by atoms with Crippen molar-refractivity contribution in [1.29, 1.82) is 0 Å². The number of likely N-dealkylation sites (tertiary alicyclic amines) is 1. The maximum Gasteiger partial charge on any atom is 0.198 e. The molecule has 0 radical (unpaired) electrons. The third-order valence-corrected chi connectivity index (χ3v) is 6.99. The zero-order chi connectivity index (χ0) is 20.4. The van der Waals surface area contributed by atoms with Crippen molar-refractivity contribution >= 4 is 21.4 Å². The topological polar surface area (TPSA) is 81.0 Å². The summed E-state index contributed by atoms with van der Waals surface area (Å²) < 4.78 is 27.3. The van der Waals surface area contributed by atoms with Crippen LogP contribution in [0.1, 0.15) is 35.8 Å². The number of tetrazole rings is 1. The largest absolute Gasteiger partial charge is 0.290 e. The zero-order valence-corrected chi connectivity index (χ0v) is 17.6. The van der Waals surface area contributed by atoms with Crippen LogP contribution in [0.3, 0.4) is 0 Å². The highest BCUT2D eigenvalue weighted by molar-refractivity contribution is 7.90. The summed E-state index contributed by atoms with van der Waals surface area (Å²) in [5.74, 6) is 0.209. The molecule has 152 valence electrons. The lowest BCUT2D eigenvalue weighted by Gasteiger charge is -2.27. The number of rotatable bonds is 6. The maximum atomic E-state index is 12.9. The van der Waals surface area contributed by atoms with Gasteiger partial charge in [-0.1, -0.05) is 41.4 Å². The molecule has 1 unspecified atom stereocenters. The first-order chi connectivity index (χ1) is 13.9. The van der Waals surface area contributed by atoms with Crippen LogP contribution >= 0.6 is 11.6 Å². The fourth-order valence-electron chi connectivity index (χ4n) is 3.65. The molecular weight excluding hydrogens is 410 g/mol. The molecule has 0 spiro atoms. The SMILES string of the molecule is Cc1ccc(S(=O)(=O)Cn2nnnc2C(c2ccc(Cl)cc2)N2CCCC2)cc1. The molecule has 0 bridgehead atoms. The first kappa shape index (κ1) is 20.0. The molecule has 1 aromatic heterocycles. The average molecular weight is 432 g/mol. The van der Waals surface area contributed by atoms with E-state index in [1.807, 2.05) is 31.2 Å². The summed E-state index contributed by atoms with van der Waals surface area (Å²) in [6.07, 6.45) is 2.18. The van der Waals surface area contributed by atoms with E-state index in [0.717, 1.165) is 37.1 Å². The van der Waals surface area contributed by atoms with Crippen molar-refractivity contribution in [3.63, 3.8) is 0 Å². The van der Waals surface area contributed by atoms with Gasteiger partial charge in [0.25, 0.3) is 0 Å². The van der Waals surface area contributed by atoms with Crippen LogP contribution < -0.4 is 0 Å². The van der Waals surface area contributed by atoms with Gasteiger partial charge >= 0.3 is 0 Å². The summed E-state index contributed by atoms with van der Waals surface area (Å²) in [7, 11) is -3.59. The van der Waals surface area contributed by atoms with E-state index in [-0.39, 0.29) is 16.8 Å². The molecule has 9 heteroatoms. The summed E-state index contributed by atoms with van der Waals surface area (Å²) >= 11 is 6.06. The van der Waals surface area contributed by atoms with Gasteiger partial charge in [-0.25, -0.2) is 13.1 Å². The average Bonchev–Trinajstić information content (AvgIpc) is 3.37. The van der Waals surface area contributed by atoms with Crippen LogP contribution in [0.25, 0.3) is 0 Å². The Balaban J connectivity index is 1.70. The minimum absolute atomic E-state index is 0.224. The Morgan fingerprint density at radius 3 is 2.34 bits per heavy atom. The van der Waals surface area contributed by atoms with Gasteiger partial charge in [0.05, 0.1) is 10.9 Å². The lowest BCUT2D eigenvalue weighted by atomic mass is 10.0. The van der Waals surface area contributed by atoms with Crippen molar-refractivity contribution in [3.05, 3.63) is 70.5 Å². The van der Waals surface area contributed by atoms with Crippen molar-refractivity contribution in [3.8, 4) is 0 Å². The number of nitrogens with zero attached hydrogens (tertiary/aromatic N) is 5. The van der Waals surface area contributed by atoms with Gasteiger partial charge in [-0.2, -0.15) is 0 Å². The van der Waals surface area contributed by atoms with Gasteiger partial charge in [0.1, 0.15) is 0 Å². The van der Waals surface area contributed by atoms with E-state index < -0.39 is 9.84 Å². The van der Waals surface area contributed by atoms with Crippen molar-refractivity contribution in [2.24, 2.45) is 0 Å². The number of benzene rings is 2. The standard InChI is InChI=1S/C20H22ClN5O2S/c1-15-4-10-18(11-5-15)29(27,28)14-26-20(22-23-24-26)19(25-12-2-3-13-25)16-6-8-17(21)9-7-16/h4-11,19H,2-3,12-14H2,1H3.